The Bertz CT molecular complexity index is 842. The van der Waals surface area contributed by atoms with Crippen LogP contribution in [-0.4, -0.2) is 56.7 Å². The second-order valence-electron chi connectivity index (χ2n) is 7.07. The smallest absolute Gasteiger partial charge is 0.193 e. The zero-order valence-electron chi connectivity index (χ0n) is 15.6. The van der Waals surface area contributed by atoms with E-state index >= 15 is 0 Å². The predicted molar refractivity (Wildman–Crippen MR) is 106 cm³/mol. The van der Waals surface area contributed by atoms with Crippen molar-refractivity contribution in [1.29, 1.82) is 0 Å². The molecule has 27 heavy (non-hydrogen) atoms. The number of aryl methyl sites for hydroxylation is 1. The van der Waals surface area contributed by atoms with Crippen LogP contribution in [0.3, 0.4) is 0 Å². The van der Waals surface area contributed by atoms with Gasteiger partial charge in [0.1, 0.15) is 11.5 Å². The van der Waals surface area contributed by atoms with E-state index < -0.39 is 0 Å². The molecule has 0 aliphatic carbocycles. The third-order valence-corrected chi connectivity index (χ3v) is 5.92. The van der Waals surface area contributed by atoms with Gasteiger partial charge in [-0.15, -0.1) is 11.3 Å². The van der Waals surface area contributed by atoms with E-state index in [1.807, 2.05) is 24.6 Å². The number of furan rings is 1. The standard InChI is InChI=1S/C20H26N4O2S/c1-16-4-5-19(26-16)15-23-10-9-22(13-17(23)6-11-25)14-18-3-2-8-24(18)20-21-7-12-27-20/h2-5,7-8,12,17,25H,6,9-11,13-15H2,1H3. The Morgan fingerprint density at radius 1 is 1.26 bits per heavy atom. The molecular weight excluding hydrogens is 360 g/mol. The van der Waals surface area contributed by atoms with Gasteiger partial charge >= 0.3 is 0 Å². The Kier molecular flexibility index (Phi) is 5.73. The Hall–Kier alpha value is -1.93. The van der Waals surface area contributed by atoms with Crippen LogP contribution in [0.15, 0.2) is 46.5 Å². The fourth-order valence-electron chi connectivity index (χ4n) is 3.80. The zero-order valence-corrected chi connectivity index (χ0v) is 16.4. The lowest BCUT2D eigenvalue weighted by Gasteiger charge is -2.41. The topological polar surface area (TPSA) is 57.7 Å². The normalized spacial score (nSPS) is 19.0. The molecule has 1 N–H and O–H groups in total. The molecule has 0 saturated carbocycles. The first-order valence-electron chi connectivity index (χ1n) is 9.41. The van der Waals surface area contributed by atoms with Gasteiger partial charge in [0.25, 0.3) is 0 Å². The van der Waals surface area contributed by atoms with Crippen LogP contribution in [0.25, 0.3) is 5.13 Å². The molecule has 0 aromatic carbocycles. The van der Waals surface area contributed by atoms with Crippen molar-refractivity contribution in [1.82, 2.24) is 19.4 Å². The predicted octanol–water partition coefficient (Wildman–Crippen LogP) is 2.90. The van der Waals surface area contributed by atoms with E-state index in [2.05, 4.69) is 43.7 Å². The second-order valence-corrected chi connectivity index (χ2v) is 7.94. The molecule has 1 saturated heterocycles. The van der Waals surface area contributed by atoms with Gasteiger partial charge in [-0.3, -0.25) is 14.4 Å². The summed E-state index contributed by atoms with van der Waals surface area (Å²) in [5, 5.41) is 12.6. The lowest BCUT2D eigenvalue weighted by atomic mass is 10.1. The van der Waals surface area contributed by atoms with Crippen molar-refractivity contribution in [2.24, 2.45) is 0 Å². The van der Waals surface area contributed by atoms with Gasteiger partial charge in [-0.25, -0.2) is 4.98 Å². The van der Waals surface area contributed by atoms with E-state index in [1.54, 1.807) is 11.3 Å². The summed E-state index contributed by atoms with van der Waals surface area (Å²) in [7, 11) is 0. The maximum Gasteiger partial charge on any atom is 0.193 e. The maximum atomic E-state index is 9.54. The fraction of sp³-hybridized carbons (Fsp3) is 0.450. The highest BCUT2D eigenvalue weighted by Crippen LogP contribution is 2.21. The third-order valence-electron chi connectivity index (χ3n) is 5.15. The molecule has 1 fully saturated rings. The molecule has 1 atom stereocenters. The number of rotatable bonds is 7. The van der Waals surface area contributed by atoms with Crippen LogP contribution in [-0.2, 0) is 13.1 Å². The number of hydrogen-bond acceptors (Lipinski definition) is 6. The van der Waals surface area contributed by atoms with Crippen molar-refractivity contribution in [2.75, 3.05) is 26.2 Å². The Morgan fingerprint density at radius 2 is 2.19 bits per heavy atom. The molecular formula is C20H26N4O2S. The molecule has 7 heteroatoms. The molecule has 1 aliphatic heterocycles. The molecule has 6 nitrogen and oxygen atoms in total. The molecule has 4 rings (SSSR count). The molecule has 3 aromatic rings. The quantitative estimate of drug-likeness (QED) is 0.677. The van der Waals surface area contributed by atoms with Crippen LogP contribution in [0.1, 0.15) is 23.6 Å². The van der Waals surface area contributed by atoms with Crippen molar-refractivity contribution in [3.63, 3.8) is 0 Å². The van der Waals surface area contributed by atoms with Crippen molar-refractivity contribution in [2.45, 2.75) is 32.5 Å². The van der Waals surface area contributed by atoms with Crippen LogP contribution in [0.5, 0.6) is 0 Å². The first-order chi connectivity index (χ1) is 13.2. The van der Waals surface area contributed by atoms with Crippen LogP contribution in [0.4, 0.5) is 0 Å². The zero-order chi connectivity index (χ0) is 18.6. The summed E-state index contributed by atoms with van der Waals surface area (Å²) in [5.41, 5.74) is 1.25. The van der Waals surface area contributed by atoms with Crippen molar-refractivity contribution >= 4 is 11.3 Å². The largest absolute Gasteiger partial charge is 0.465 e. The summed E-state index contributed by atoms with van der Waals surface area (Å²) in [5.74, 6) is 1.95. The summed E-state index contributed by atoms with van der Waals surface area (Å²) >= 11 is 1.65. The summed E-state index contributed by atoms with van der Waals surface area (Å²) < 4.78 is 7.93. The van der Waals surface area contributed by atoms with Gasteiger partial charge in [-0.1, -0.05) is 0 Å². The number of aromatic nitrogens is 2. The van der Waals surface area contributed by atoms with Gasteiger partial charge in [-0.2, -0.15) is 0 Å². The van der Waals surface area contributed by atoms with Gasteiger partial charge in [0.2, 0.25) is 0 Å². The van der Waals surface area contributed by atoms with Crippen molar-refractivity contribution in [3.05, 3.63) is 59.3 Å². The van der Waals surface area contributed by atoms with Crippen molar-refractivity contribution < 1.29 is 9.52 Å². The summed E-state index contributed by atoms with van der Waals surface area (Å²) in [6.45, 7) is 6.81. The summed E-state index contributed by atoms with van der Waals surface area (Å²) in [6, 6.07) is 8.65. The maximum absolute atomic E-state index is 9.54. The second kappa shape index (κ2) is 8.39. The highest BCUT2D eigenvalue weighted by Gasteiger charge is 2.27. The molecule has 4 heterocycles. The molecule has 0 bridgehead atoms. The minimum absolute atomic E-state index is 0.210. The van der Waals surface area contributed by atoms with Crippen LogP contribution in [0.2, 0.25) is 0 Å². The molecule has 1 aliphatic rings. The monoisotopic (exact) mass is 386 g/mol. The number of nitrogens with zero attached hydrogens (tertiary/aromatic N) is 4. The van der Waals surface area contributed by atoms with E-state index in [4.69, 9.17) is 4.42 Å². The first-order valence-corrected chi connectivity index (χ1v) is 10.3. The first kappa shape index (κ1) is 18.4. The summed E-state index contributed by atoms with van der Waals surface area (Å²) in [6.07, 6.45) is 4.70. The minimum atomic E-state index is 0.210. The van der Waals surface area contributed by atoms with Gasteiger partial charge < -0.3 is 9.52 Å². The van der Waals surface area contributed by atoms with E-state index in [0.29, 0.717) is 6.04 Å². The summed E-state index contributed by atoms with van der Waals surface area (Å²) in [4.78, 5) is 9.34. The van der Waals surface area contributed by atoms with E-state index in [9.17, 15) is 5.11 Å². The minimum Gasteiger partial charge on any atom is -0.465 e. The Balaban J connectivity index is 1.42. The number of aliphatic hydroxyl groups is 1. The van der Waals surface area contributed by atoms with Crippen LogP contribution in [0, 0.1) is 6.92 Å². The number of piperazine rings is 1. The number of thiazole rings is 1. The molecule has 1 unspecified atom stereocenters. The highest BCUT2D eigenvalue weighted by atomic mass is 32.1. The lowest BCUT2D eigenvalue weighted by molar-refractivity contribution is 0.0447. The lowest BCUT2D eigenvalue weighted by Crippen LogP contribution is -2.52. The van der Waals surface area contributed by atoms with Gasteiger partial charge in [-0.05, 0) is 37.6 Å². The highest BCUT2D eigenvalue weighted by molar-refractivity contribution is 7.12. The molecule has 144 valence electrons. The van der Waals surface area contributed by atoms with E-state index in [1.165, 1.54) is 5.69 Å². The van der Waals surface area contributed by atoms with Gasteiger partial charge in [0, 0.05) is 62.3 Å². The van der Waals surface area contributed by atoms with Crippen LogP contribution < -0.4 is 0 Å². The average Bonchev–Trinajstić information content (AvgIpc) is 3.39. The Labute approximate surface area is 163 Å². The fourth-order valence-corrected chi connectivity index (χ4v) is 4.45. The molecule has 0 radical (unpaired) electrons. The van der Waals surface area contributed by atoms with Gasteiger partial charge in [0.05, 0.1) is 6.54 Å². The average molecular weight is 387 g/mol. The third kappa shape index (κ3) is 4.32. The Morgan fingerprint density at radius 3 is 2.93 bits per heavy atom. The van der Waals surface area contributed by atoms with Gasteiger partial charge in [0.15, 0.2) is 5.13 Å². The van der Waals surface area contributed by atoms with Crippen LogP contribution >= 0.6 is 11.3 Å². The SMILES string of the molecule is Cc1ccc(CN2CCN(Cc3cccn3-c3nccs3)CC2CCO)o1. The van der Waals surface area contributed by atoms with Crippen molar-refractivity contribution in [3.8, 4) is 5.13 Å². The number of aliphatic hydroxyl groups excluding tert-OH is 1. The number of hydrogen-bond donors (Lipinski definition) is 1. The molecule has 3 aromatic heterocycles. The van der Waals surface area contributed by atoms with E-state index in [0.717, 1.165) is 55.8 Å². The molecule has 0 spiro atoms. The van der Waals surface area contributed by atoms with E-state index in [-0.39, 0.29) is 6.61 Å². The molecule has 0 amide bonds.